The molecule has 0 saturated heterocycles. The second-order valence-electron chi connectivity index (χ2n) is 4.33. The lowest BCUT2D eigenvalue weighted by Gasteiger charge is -2.29. The third-order valence-corrected chi connectivity index (χ3v) is 2.60. The van der Waals surface area contributed by atoms with Crippen molar-refractivity contribution in [2.75, 3.05) is 0 Å². The van der Waals surface area contributed by atoms with Gasteiger partial charge in [0, 0.05) is 12.1 Å². The minimum Gasteiger partial charge on any atom is -0.383 e. The molecule has 1 N–H and O–H groups in total. The van der Waals surface area contributed by atoms with Crippen LogP contribution in [-0.4, -0.2) is 10.1 Å². The molecule has 0 radical (unpaired) electrons. The Morgan fingerprint density at radius 1 is 1.36 bits per heavy atom. The highest BCUT2D eigenvalue weighted by molar-refractivity contribution is 5.59. The molecule has 0 aliphatic heterocycles. The summed E-state index contributed by atoms with van der Waals surface area (Å²) in [7, 11) is 0. The van der Waals surface area contributed by atoms with E-state index in [0.29, 0.717) is 6.42 Å². The highest BCUT2D eigenvalue weighted by Crippen LogP contribution is 2.35. The number of aliphatic hydroxyl groups is 1. The van der Waals surface area contributed by atoms with Crippen LogP contribution in [-0.2, 0) is 5.60 Å². The summed E-state index contributed by atoms with van der Waals surface area (Å²) in [5.41, 5.74) is 3.21. The molecule has 0 aromatic carbocycles. The van der Waals surface area contributed by atoms with Crippen LogP contribution in [0.25, 0.3) is 6.08 Å². The summed E-state index contributed by atoms with van der Waals surface area (Å²) in [6.07, 6.45) is 2.77. The standard InChI is InChI=1S/C12H15NO/c1-8-6-10-5-4-9(2)13-11(10)12(3,14)7-8/h4-6,14H,7H2,1-3H3. The van der Waals surface area contributed by atoms with Gasteiger partial charge in [-0.3, -0.25) is 4.98 Å². The van der Waals surface area contributed by atoms with Crippen LogP contribution in [0.1, 0.15) is 37.2 Å². The van der Waals surface area contributed by atoms with Gasteiger partial charge in [0.2, 0.25) is 0 Å². The van der Waals surface area contributed by atoms with Crippen LogP contribution in [0.2, 0.25) is 0 Å². The molecule has 14 heavy (non-hydrogen) atoms. The molecular formula is C12H15NO. The van der Waals surface area contributed by atoms with E-state index in [1.807, 2.05) is 32.9 Å². The lowest BCUT2D eigenvalue weighted by atomic mass is 9.84. The van der Waals surface area contributed by atoms with Gasteiger partial charge in [-0.1, -0.05) is 17.7 Å². The van der Waals surface area contributed by atoms with Crippen molar-refractivity contribution in [2.24, 2.45) is 0 Å². The Balaban J connectivity index is 2.64. The molecular weight excluding hydrogens is 174 g/mol. The third-order valence-electron chi connectivity index (χ3n) is 2.60. The van der Waals surface area contributed by atoms with Gasteiger partial charge in [0.25, 0.3) is 0 Å². The Hall–Kier alpha value is -1.15. The van der Waals surface area contributed by atoms with Crippen LogP contribution >= 0.6 is 0 Å². The van der Waals surface area contributed by atoms with E-state index in [9.17, 15) is 5.11 Å². The normalized spacial score (nSPS) is 25.6. The van der Waals surface area contributed by atoms with Crippen LogP contribution in [0.15, 0.2) is 17.7 Å². The average molecular weight is 189 g/mol. The van der Waals surface area contributed by atoms with Crippen molar-refractivity contribution in [3.8, 4) is 0 Å². The monoisotopic (exact) mass is 189 g/mol. The Kier molecular flexibility index (Phi) is 1.96. The van der Waals surface area contributed by atoms with Crippen LogP contribution in [0.3, 0.4) is 0 Å². The first-order valence-corrected chi connectivity index (χ1v) is 4.87. The summed E-state index contributed by atoms with van der Waals surface area (Å²) in [4.78, 5) is 4.41. The van der Waals surface area contributed by atoms with E-state index in [2.05, 4.69) is 11.1 Å². The maximum absolute atomic E-state index is 10.2. The van der Waals surface area contributed by atoms with Crippen molar-refractivity contribution in [1.29, 1.82) is 0 Å². The molecule has 0 fully saturated rings. The van der Waals surface area contributed by atoms with E-state index in [0.717, 1.165) is 17.0 Å². The molecule has 1 heterocycles. The topological polar surface area (TPSA) is 33.1 Å². The van der Waals surface area contributed by atoms with Gasteiger partial charge in [-0.05, 0) is 32.4 Å². The van der Waals surface area contributed by atoms with Crippen molar-refractivity contribution in [2.45, 2.75) is 32.8 Å². The second-order valence-corrected chi connectivity index (χ2v) is 4.33. The second kappa shape index (κ2) is 2.92. The number of aromatic nitrogens is 1. The van der Waals surface area contributed by atoms with E-state index >= 15 is 0 Å². The lowest BCUT2D eigenvalue weighted by Crippen LogP contribution is -2.27. The summed E-state index contributed by atoms with van der Waals surface area (Å²) in [6, 6.07) is 4.00. The van der Waals surface area contributed by atoms with E-state index in [1.54, 1.807) is 0 Å². The van der Waals surface area contributed by atoms with Crippen LogP contribution in [0.5, 0.6) is 0 Å². The third kappa shape index (κ3) is 1.46. The molecule has 1 atom stereocenters. The number of rotatable bonds is 0. The number of hydrogen-bond acceptors (Lipinski definition) is 2. The average Bonchev–Trinajstić information content (AvgIpc) is 2.05. The summed E-state index contributed by atoms with van der Waals surface area (Å²) in [6.45, 7) is 5.81. The largest absolute Gasteiger partial charge is 0.383 e. The first kappa shape index (κ1) is 9.41. The highest BCUT2D eigenvalue weighted by atomic mass is 16.3. The molecule has 0 saturated carbocycles. The number of hydrogen-bond donors (Lipinski definition) is 1. The van der Waals surface area contributed by atoms with Gasteiger partial charge in [-0.2, -0.15) is 0 Å². The van der Waals surface area contributed by atoms with Crippen LogP contribution in [0, 0.1) is 6.92 Å². The zero-order valence-electron chi connectivity index (χ0n) is 8.83. The lowest BCUT2D eigenvalue weighted by molar-refractivity contribution is 0.0514. The molecule has 0 spiro atoms. The quantitative estimate of drug-likeness (QED) is 0.679. The number of nitrogens with zero attached hydrogens (tertiary/aromatic N) is 1. The molecule has 2 heteroatoms. The minimum absolute atomic E-state index is 0.677. The first-order chi connectivity index (χ1) is 6.49. The maximum Gasteiger partial charge on any atom is 0.108 e. The summed E-state index contributed by atoms with van der Waals surface area (Å²) >= 11 is 0. The molecule has 74 valence electrons. The fourth-order valence-electron chi connectivity index (χ4n) is 2.06. The molecule has 1 aliphatic rings. The molecule has 1 aromatic heterocycles. The van der Waals surface area contributed by atoms with Gasteiger partial charge in [0.05, 0.1) is 5.69 Å². The van der Waals surface area contributed by atoms with Gasteiger partial charge in [0.1, 0.15) is 5.60 Å². The minimum atomic E-state index is -0.805. The van der Waals surface area contributed by atoms with Gasteiger partial charge in [0.15, 0.2) is 0 Å². The fraction of sp³-hybridized carbons (Fsp3) is 0.417. The van der Waals surface area contributed by atoms with Crippen molar-refractivity contribution in [1.82, 2.24) is 4.98 Å². The molecule has 2 rings (SSSR count). The van der Waals surface area contributed by atoms with Crippen LogP contribution in [0.4, 0.5) is 0 Å². The fourth-order valence-corrected chi connectivity index (χ4v) is 2.06. The molecule has 1 aromatic rings. The van der Waals surface area contributed by atoms with E-state index < -0.39 is 5.60 Å². The number of pyridine rings is 1. The number of aryl methyl sites for hydroxylation is 1. The zero-order valence-corrected chi connectivity index (χ0v) is 8.83. The summed E-state index contributed by atoms with van der Waals surface area (Å²) in [5, 5.41) is 10.2. The zero-order chi connectivity index (χ0) is 10.3. The van der Waals surface area contributed by atoms with Crippen molar-refractivity contribution < 1.29 is 5.11 Å². The van der Waals surface area contributed by atoms with E-state index in [1.165, 1.54) is 5.57 Å². The molecule has 2 nitrogen and oxygen atoms in total. The highest BCUT2D eigenvalue weighted by Gasteiger charge is 2.30. The molecule has 1 unspecified atom stereocenters. The summed E-state index contributed by atoms with van der Waals surface area (Å²) in [5.74, 6) is 0. The predicted octanol–water partition coefficient (Wildman–Crippen LogP) is 2.40. The Labute approximate surface area is 84.3 Å². The van der Waals surface area contributed by atoms with Crippen LogP contribution < -0.4 is 0 Å². The smallest absolute Gasteiger partial charge is 0.108 e. The van der Waals surface area contributed by atoms with Gasteiger partial charge in [-0.25, -0.2) is 0 Å². The molecule has 0 amide bonds. The van der Waals surface area contributed by atoms with Crippen molar-refractivity contribution >= 4 is 6.08 Å². The van der Waals surface area contributed by atoms with Gasteiger partial charge >= 0.3 is 0 Å². The van der Waals surface area contributed by atoms with E-state index in [4.69, 9.17) is 0 Å². The Morgan fingerprint density at radius 3 is 2.79 bits per heavy atom. The summed E-state index contributed by atoms with van der Waals surface area (Å²) < 4.78 is 0. The van der Waals surface area contributed by atoms with Gasteiger partial charge in [-0.15, -0.1) is 0 Å². The van der Waals surface area contributed by atoms with Gasteiger partial charge < -0.3 is 5.11 Å². The molecule has 1 aliphatic carbocycles. The van der Waals surface area contributed by atoms with Crippen molar-refractivity contribution in [3.05, 3.63) is 34.7 Å². The van der Waals surface area contributed by atoms with Crippen molar-refractivity contribution in [3.63, 3.8) is 0 Å². The SMILES string of the molecule is CC1=Cc2ccc(C)nc2C(C)(O)C1. The Bertz CT molecular complexity index is 405. The Morgan fingerprint density at radius 2 is 2.07 bits per heavy atom. The molecule has 0 bridgehead atoms. The number of fused-ring (bicyclic) bond motifs is 1. The van der Waals surface area contributed by atoms with E-state index in [-0.39, 0.29) is 0 Å². The maximum atomic E-state index is 10.2. The first-order valence-electron chi connectivity index (χ1n) is 4.87. The predicted molar refractivity (Wildman–Crippen MR) is 56.8 cm³/mol.